The van der Waals surface area contributed by atoms with Crippen molar-refractivity contribution in [2.75, 3.05) is 7.11 Å². The van der Waals surface area contributed by atoms with E-state index in [1.807, 2.05) is 0 Å². The number of carbonyl (C=O) groups excluding carboxylic acids is 3. The average Bonchev–Trinajstić information content (AvgIpc) is 2.97. The van der Waals surface area contributed by atoms with Crippen LogP contribution in [0, 0.1) is 0 Å². The Hall–Kier alpha value is -3.88. The Labute approximate surface area is 178 Å². The number of carboxylic acid groups (broad SMARTS) is 1. The lowest BCUT2D eigenvalue weighted by atomic mass is 10.0. The molecule has 1 saturated heterocycles. The number of phenolic OH excluding ortho intramolecular Hbond substituents is 1. The number of hydrogen-bond donors (Lipinski definition) is 2. The van der Waals surface area contributed by atoms with Crippen LogP contribution < -0.4 is 0 Å². The summed E-state index contributed by atoms with van der Waals surface area (Å²) in [5, 5.41) is 18.7. The van der Waals surface area contributed by atoms with Crippen molar-refractivity contribution >= 4 is 23.9 Å². The number of methoxy groups -OCH3 is 1. The molecule has 3 rings (SSSR count). The number of aromatic hydroxyl groups is 1. The van der Waals surface area contributed by atoms with Crippen molar-refractivity contribution in [2.45, 2.75) is 31.5 Å². The highest BCUT2D eigenvalue weighted by atomic mass is 16.5. The molecule has 2 aromatic rings. The van der Waals surface area contributed by atoms with Gasteiger partial charge in [0.25, 0.3) is 5.91 Å². The van der Waals surface area contributed by atoms with Crippen LogP contribution in [0.2, 0.25) is 0 Å². The predicted molar refractivity (Wildman–Crippen MR) is 108 cm³/mol. The lowest BCUT2D eigenvalue weighted by molar-refractivity contribution is -0.150. The van der Waals surface area contributed by atoms with Crippen LogP contribution in [0.4, 0.5) is 4.79 Å². The van der Waals surface area contributed by atoms with Gasteiger partial charge >= 0.3 is 18.0 Å². The second-order valence-electron chi connectivity index (χ2n) is 7.13. The molecular formula is C22H22N2O7. The molecular weight excluding hydrogens is 404 g/mol. The standard InChI is InChI=1S/C22H22N2O7/c1-31-21(29)18(11-14-5-3-2-4-6-14)24-20(28)17(12-19(26)27)23(22(24)30)13-15-7-9-16(25)10-8-15/h2-10,17-18,25H,11-13H2,1H3,(H,26,27)/t17-,18-/m0/s1. The van der Waals surface area contributed by atoms with Crippen LogP contribution >= 0.6 is 0 Å². The maximum Gasteiger partial charge on any atom is 0.329 e. The fourth-order valence-electron chi connectivity index (χ4n) is 3.54. The fraction of sp³-hybridized carbons (Fsp3) is 0.273. The minimum atomic E-state index is -1.26. The SMILES string of the molecule is COC(=O)[C@H](Cc1ccccc1)N1C(=O)[C@H](CC(=O)O)N(Cc2ccc(O)cc2)C1=O. The lowest BCUT2D eigenvalue weighted by Crippen LogP contribution is -2.47. The van der Waals surface area contributed by atoms with Crippen molar-refractivity contribution in [2.24, 2.45) is 0 Å². The third-order valence-corrected chi connectivity index (χ3v) is 5.06. The number of urea groups is 1. The molecule has 2 aromatic carbocycles. The van der Waals surface area contributed by atoms with E-state index in [2.05, 4.69) is 0 Å². The van der Waals surface area contributed by atoms with Crippen molar-refractivity contribution < 1.29 is 34.1 Å². The Morgan fingerprint density at radius 3 is 2.26 bits per heavy atom. The highest BCUT2D eigenvalue weighted by molar-refractivity contribution is 6.08. The molecule has 0 saturated carbocycles. The van der Waals surface area contributed by atoms with Crippen LogP contribution in [0.3, 0.4) is 0 Å². The van der Waals surface area contributed by atoms with E-state index in [1.165, 1.54) is 12.1 Å². The summed E-state index contributed by atoms with van der Waals surface area (Å²) < 4.78 is 4.83. The van der Waals surface area contributed by atoms with Gasteiger partial charge < -0.3 is 19.8 Å². The quantitative estimate of drug-likeness (QED) is 0.487. The number of hydrogen-bond acceptors (Lipinski definition) is 6. The number of aliphatic carboxylic acids is 1. The maximum atomic E-state index is 13.2. The number of imide groups is 1. The summed E-state index contributed by atoms with van der Waals surface area (Å²) in [6.45, 7) is -0.0570. The molecule has 1 aliphatic heterocycles. The van der Waals surface area contributed by atoms with E-state index in [1.54, 1.807) is 42.5 Å². The minimum Gasteiger partial charge on any atom is -0.508 e. The van der Waals surface area contributed by atoms with Crippen molar-refractivity contribution in [3.8, 4) is 5.75 Å². The molecule has 0 aliphatic carbocycles. The molecule has 1 aliphatic rings. The predicted octanol–water partition coefficient (Wildman–Crippen LogP) is 1.78. The molecule has 0 bridgehead atoms. The number of phenols is 1. The van der Waals surface area contributed by atoms with Gasteiger partial charge in [0.2, 0.25) is 0 Å². The summed E-state index contributed by atoms with van der Waals surface area (Å²) in [5.41, 5.74) is 1.30. The molecule has 0 unspecified atom stereocenters. The first-order chi connectivity index (χ1) is 14.8. The zero-order valence-corrected chi connectivity index (χ0v) is 16.8. The molecule has 0 aromatic heterocycles. The first kappa shape index (κ1) is 21.8. The normalized spacial score (nSPS) is 17.0. The number of amides is 3. The molecule has 1 fully saturated rings. The molecule has 0 radical (unpaired) electrons. The van der Waals surface area contributed by atoms with Crippen LogP contribution in [0.1, 0.15) is 17.5 Å². The number of esters is 1. The van der Waals surface area contributed by atoms with Crippen molar-refractivity contribution in [3.63, 3.8) is 0 Å². The maximum absolute atomic E-state index is 13.2. The number of rotatable bonds is 8. The Kier molecular flexibility index (Phi) is 6.54. The topological polar surface area (TPSA) is 124 Å². The number of benzene rings is 2. The summed E-state index contributed by atoms with van der Waals surface area (Å²) in [7, 11) is 1.16. The van der Waals surface area contributed by atoms with Crippen LogP contribution in [0.5, 0.6) is 5.75 Å². The summed E-state index contributed by atoms with van der Waals surface area (Å²) in [4.78, 5) is 52.1. The number of ether oxygens (including phenoxy) is 1. The average molecular weight is 426 g/mol. The largest absolute Gasteiger partial charge is 0.508 e. The van der Waals surface area contributed by atoms with E-state index in [9.17, 15) is 29.4 Å². The summed E-state index contributed by atoms with van der Waals surface area (Å²) in [6.07, 6.45) is -0.559. The van der Waals surface area contributed by atoms with E-state index in [-0.39, 0.29) is 18.7 Å². The third kappa shape index (κ3) is 4.82. The van der Waals surface area contributed by atoms with Crippen molar-refractivity contribution in [1.29, 1.82) is 0 Å². The van der Waals surface area contributed by atoms with E-state index >= 15 is 0 Å². The smallest absolute Gasteiger partial charge is 0.329 e. The zero-order valence-electron chi connectivity index (χ0n) is 16.8. The Morgan fingerprint density at radius 2 is 1.68 bits per heavy atom. The van der Waals surface area contributed by atoms with Gasteiger partial charge in [-0.2, -0.15) is 0 Å². The Morgan fingerprint density at radius 1 is 1.03 bits per heavy atom. The van der Waals surface area contributed by atoms with Gasteiger partial charge in [0.05, 0.1) is 13.5 Å². The molecule has 3 amide bonds. The molecule has 2 atom stereocenters. The van der Waals surface area contributed by atoms with Crippen molar-refractivity contribution in [1.82, 2.24) is 9.80 Å². The first-order valence-corrected chi connectivity index (χ1v) is 9.57. The Balaban J connectivity index is 1.94. The van der Waals surface area contributed by atoms with E-state index in [4.69, 9.17) is 4.74 Å². The summed E-state index contributed by atoms with van der Waals surface area (Å²) in [5.74, 6) is -2.75. The van der Waals surface area contributed by atoms with E-state index < -0.39 is 42.4 Å². The number of carboxylic acids is 1. The minimum absolute atomic E-state index is 0.0323. The fourth-order valence-corrected chi connectivity index (χ4v) is 3.54. The van der Waals surface area contributed by atoms with E-state index in [0.717, 1.165) is 16.9 Å². The van der Waals surface area contributed by atoms with Gasteiger partial charge in [0.1, 0.15) is 17.8 Å². The van der Waals surface area contributed by atoms with Gasteiger partial charge in [-0.05, 0) is 23.3 Å². The molecule has 9 nitrogen and oxygen atoms in total. The van der Waals surface area contributed by atoms with Gasteiger partial charge in [-0.15, -0.1) is 0 Å². The first-order valence-electron chi connectivity index (χ1n) is 9.57. The van der Waals surface area contributed by atoms with Crippen LogP contribution in [0.15, 0.2) is 54.6 Å². The summed E-state index contributed by atoms with van der Waals surface area (Å²) in [6, 6.07) is 11.6. The van der Waals surface area contributed by atoms with Gasteiger partial charge in [-0.1, -0.05) is 42.5 Å². The number of nitrogens with zero attached hydrogens (tertiary/aromatic N) is 2. The van der Waals surface area contributed by atoms with E-state index in [0.29, 0.717) is 11.1 Å². The third-order valence-electron chi connectivity index (χ3n) is 5.06. The van der Waals surface area contributed by atoms with Gasteiger partial charge in [0.15, 0.2) is 0 Å². The van der Waals surface area contributed by atoms with Gasteiger partial charge in [-0.25, -0.2) is 14.5 Å². The molecule has 31 heavy (non-hydrogen) atoms. The molecule has 0 spiro atoms. The number of carbonyl (C=O) groups is 4. The van der Waals surface area contributed by atoms with Gasteiger partial charge in [-0.3, -0.25) is 9.59 Å². The highest BCUT2D eigenvalue weighted by Gasteiger charge is 2.50. The van der Waals surface area contributed by atoms with Crippen LogP contribution in [-0.2, 0) is 32.1 Å². The van der Waals surface area contributed by atoms with Crippen LogP contribution in [-0.4, -0.2) is 63.1 Å². The highest BCUT2D eigenvalue weighted by Crippen LogP contribution is 2.27. The van der Waals surface area contributed by atoms with Gasteiger partial charge in [0, 0.05) is 13.0 Å². The molecule has 9 heteroatoms. The van der Waals surface area contributed by atoms with Crippen molar-refractivity contribution in [3.05, 3.63) is 65.7 Å². The zero-order chi connectivity index (χ0) is 22.5. The second-order valence-corrected chi connectivity index (χ2v) is 7.13. The molecule has 162 valence electrons. The van der Waals surface area contributed by atoms with Crippen LogP contribution in [0.25, 0.3) is 0 Å². The molecule has 2 N–H and O–H groups in total. The molecule has 1 heterocycles. The summed E-state index contributed by atoms with van der Waals surface area (Å²) >= 11 is 0. The monoisotopic (exact) mass is 426 g/mol. The Bertz CT molecular complexity index is 975. The lowest BCUT2D eigenvalue weighted by Gasteiger charge is -2.24. The second kappa shape index (κ2) is 9.29.